The molecule has 5 nitrogen and oxygen atoms in total. The first kappa shape index (κ1) is 21.3. The third kappa shape index (κ3) is 6.06. The fourth-order valence-electron chi connectivity index (χ4n) is 3.11. The first-order chi connectivity index (χ1) is 15.2. The summed E-state index contributed by atoms with van der Waals surface area (Å²) in [6, 6.07) is 27.9. The van der Waals surface area contributed by atoms with Crippen molar-refractivity contribution in [3.8, 4) is 0 Å². The van der Waals surface area contributed by atoms with Crippen molar-refractivity contribution in [2.75, 3.05) is 5.32 Å². The van der Waals surface area contributed by atoms with Gasteiger partial charge in [-0.15, -0.1) is 5.10 Å². The number of amides is 1. The first-order valence-electron chi connectivity index (χ1n) is 9.92. The van der Waals surface area contributed by atoms with Crippen LogP contribution >= 0.6 is 27.7 Å². The average Bonchev–Trinajstić information content (AvgIpc) is 3.13. The molecule has 4 rings (SSSR count). The lowest BCUT2D eigenvalue weighted by Crippen LogP contribution is -2.13. The van der Waals surface area contributed by atoms with E-state index in [1.807, 2.05) is 77.5 Å². The van der Waals surface area contributed by atoms with E-state index in [4.69, 9.17) is 0 Å². The number of para-hydroxylation sites is 1. The van der Waals surface area contributed by atoms with Crippen LogP contribution in [0.4, 0.5) is 5.69 Å². The Bertz CT molecular complexity index is 1150. The van der Waals surface area contributed by atoms with Gasteiger partial charge in [-0.05, 0) is 57.4 Å². The third-order valence-electron chi connectivity index (χ3n) is 4.63. The Morgan fingerprint density at radius 3 is 2.29 bits per heavy atom. The maximum absolute atomic E-state index is 12.5. The van der Waals surface area contributed by atoms with Crippen LogP contribution in [-0.2, 0) is 17.8 Å². The molecule has 4 aromatic rings. The van der Waals surface area contributed by atoms with Crippen LogP contribution in [0.15, 0.2) is 99.7 Å². The molecular weight excluding hydrogens is 472 g/mol. The number of aromatic nitrogens is 3. The van der Waals surface area contributed by atoms with Gasteiger partial charge < -0.3 is 5.32 Å². The molecule has 1 heterocycles. The van der Waals surface area contributed by atoms with Gasteiger partial charge in [-0.2, -0.15) is 4.98 Å². The highest BCUT2D eigenvalue weighted by Crippen LogP contribution is 2.33. The number of anilines is 1. The zero-order chi connectivity index (χ0) is 21.5. The van der Waals surface area contributed by atoms with E-state index < -0.39 is 0 Å². The van der Waals surface area contributed by atoms with Crippen LogP contribution in [-0.4, -0.2) is 20.7 Å². The molecule has 0 spiro atoms. The van der Waals surface area contributed by atoms with Crippen molar-refractivity contribution in [1.82, 2.24) is 14.8 Å². The number of carbonyl (C=O) groups is 1. The summed E-state index contributed by atoms with van der Waals surface area (Å²) >= 11 is 4.87. The van der Waals surface area contributed by atoms with Gasteiger partial charge in [-0.25, -0.2) is 4.68 Å². The maximum atomic E-state index is 12.5. The van der Waals surface area contributed by atoms with E-state index in [1.165, 1.54) is 11.8 Å². The molecule has 0 saturated carbocycles. The average molecular weight is 493 g/mol. The Morgan fingerprint density at radius 2 is 1.55 bits per heavy atom. The Kier molecular flexibility index (Phi) is 7.17. The summed E-state index contributed by atoms with van der Waals surface area (Å²) in [7, 11) is 0. The lowest BCUT2D eigenvalue weighted by molar-refractivity contribution is -0.116. The van der Waals surface area contributed by atoms with E-state index in [0.717, 1.165) is 26.9 Å². The van der Waals surface area contributed by atoms with E-state index in [0.29, 0.717) is 24.1 Å². The molecule has 31 heavy (non-hydrogen) atoms. The lowest BCUT2D eigenvalue weighted by Gasteiger charge is -2.11. The standard InChI is InChI=1S/C24H21BrN4OS/c25-23-27-24(29(28-23)17-19-11-5-2-6-12-19)31-21-14-8-7-13-20(21)26-22(30)16-15-18-9-3-1-4-10-18/h1-14H,15-17H2,(H,26,30). The van der Waals surface area contributed by atoms with Gasteiger partial charge in [0.2, 0.25) is 10.6 Å². The van der Waals surface area contributed by atoms with Gasteiger partial charge in [-0.3, -0.25) is 4.79 Å². The Hall–Kier alpha value is -2.90. The predicted octanol–water partition coefficient (Wildman–Crippen LogP) is 5.81. The van der Waals surface area contributed by atoms with E-state index in [2.05, 4.69) is 43.5 Å². The lowest BCUT2D eigenvalue weighted by atomic mass is 10.1. The highest BCUT2D eigenvalue weighted by Gasteiger charge is 2.14. The van der Waals surface area contributed by atoms with E-state index in [-0.39, 0.29) is 5.91 Å². The number of carbonyl (C=O) groups excluding carboxylic acids is 1. The number of benzene rings is 3. The number of rotatable bonds is 8. The minimum absolute atomic E-state index is 0.0103. The van der Waals surface area contributed by atoms with Crippen molar-refractivity contribution in [3.63, 3.8) is 0 Å². The second kappa shape index (κ2) is 10.4. The Balaban J connectivity index is 1.46. The minimum Gasteiger partial charge on any atom is -0.325 e. The van der Waals surface area contributed by atoms with Gasteiger partial charge in [0.1, 0.15) is 0 Å². The first-order valence-corrected chi connectivity index (χ1v) is 11.5. The van der Waals surface area contributed by atoms with Crippen LogP contribution < -0.4 is 5.32 Å². The summed E-state index contributed by atoms with van der Waals surface area (Å²) in [5.74, 6) is -0.0103. The topological polar surface area (TPSA) is 59.8 Å². The normalized spacial score (nSPS) is 10.7. The van der Waals surface area contributed by atoms with Gasteiger partial charge in [0.25, 0.3) is 0 Å². The maximum Gasteiger partial charge on any atom is 0.224 e. The van der Waals surface area contributed by atoms with Crippen molar-refractivity contribution in [2.24, 2.45) is 0 Å². The van der Waals surface area contributed by atoms with Crippen LogP contribution in [0.2, 0.25) is 0 Å². The Morgan fingerprint density at radius 1 is 0.903 bits per heavy atom. The van der Waals surface area contributed by atoms with E-state index >= 15 is 0 Å². The van der Waals surface area contributed by atoms with Crippen molar-refractivity contribution < 1.29 is 4.79 Å². The minimum atomic E-state index is -0.0103. The Labute approximate surface area is 194 Å². The summed E-state index contributed by atoms with van der Waals surface area (Å²) < 4.78 is 2.40. The summed E-state index contributed by atoms with van der Waals surface area (Å²) in [4.78, 5) is 18.0. The van der Waals surface area contributed by atoms with Crippen LogP contribution in [0, 0.1) is 0 Å². The zero-order valence-electron chi connectivity index (χ0n) is 16.7. The van der Waals surface area contributed by atoms with Crippen molar-refractivity contribution >= 4 is 39.3 Å². The molecule has 0 fully saturated rings. The van der Waals surface area contributed by atoms with Gasteiger partial charge in [-0.1, -0.05) is 72.8 Å². The van der Waals surface area contributed by atoms with E-state index in [1.54, 1.807) is 0 Å². The van der Waals surface area contributed by atoms with Crippen LogP contribution in [0.5, 0.6) is 0 Å². The number of halogens is 1. The number of hydrogen-bond donors (Lipinski definition) is 1. The third-order valence-corrected chi connectivity index (χ3v) is 6.03. The van der Waals surface area contributed by atoms with Crippen molar-refractivity contribution in [2.45, 2.75) is 29.4 Å². The van der Waals surface area contributed by atoms with Gasteiger partial charge in [0.15, 0.2) is 5.16 Å². The molecule has 0 aliphatic rings. The van der Waals surface area contributed by atoms with Crippen LogP contribution in [0.1, 0.15) is 17.5 Å². The largest absolute Gasteiger partial charge is 0.325 e. The molecule has 0 atom stereocenters. The molecule has 0 bridgehead atoms. The van der Waals surface area contributed by atoms with Crippen molar-refractivity contribution in [3.05, 3.63) is 101 Å². The fourth-order valence-corrected chi connectivity index (χ4v) is 4.50. The second-order valence-electron chi connectivity index (χ2n) is 6.94. The molecular formula is C24H21BrN4OS. The molecule has 1 N–H and O–H groups in total. The summed E-state index contributed by atoms with van der Waals surface area (Å²) in [5.41, 5.74) is 3.07. The SMILES string of the molecule is O=C(CCc1ccccc1)Nc1ccccc1Sc1nc(Br)nn1Cc1ccccc1. The molecule has 0 saturated heterocycles. The molecule has 0 aliphatic carbocycles. The molecule has 0 aliphatic heterocycles. The monoisotopic (exact) mass is 492 g/mol. The molecule has 0 unspecified atom stereocenters. The second-order valence-corrected chi connectivity index (χ2v) is 8.66. The summed E-state index contributed by atoms with van der Waals surface area (Å²) in [5, 5.41) is 8.27. The fraction of sp³-hybridized carbons (Fsp3) is 0.125. The smallest absolute Gasteiger partial charge is 0.224 e. The molecule has 156 valence electrons. The molecule has 7 heteroatoms. The number of nitrogens with zero attached hydrogens (tertiary/aromatic N) is 3. The summed E-state index contributed by atoms with van der Waals surface area (Å²) in [6.45, 7) is 0.618. The quantitative estimate of drug-likeness (QED) is 0.337. The molecule has 3 aromatic carbocycles. The summed E-state index contributed by atoms with van der Waals surface area (Å²) in [6.07, 6.45) is 1.14. The van der Waals surface area contributed by atoms with E-state index in [9.17, 15) is 4.79 Å². The number of aryl methyl sites for hydroxylation is 1. The van der Waals surface area contributed by atoms with Gasteiger partial charge >= 0.3 is 0 Å². The van der Waals surface area contributed by atoms with Crippen molar-refractivity contribution in [1.29, 1.82) is 0 Å². The van der Waals surface area contributed by atoms with Gasteiger partial charge in [0.05, 0.1) is 12.2 Å². The molecule has 1 aromatic heterocycles. The predicted molar refractivity (Wildman–Crippen MR) is 127 cm³/mol. The zero-order valence-corrected chi connectivity index (χ0v) is 19.1. The van der Waals surface area contributed by atoms with Crippen LogP contribution in [0.25, 0.3) is 0 Å². The number of hydrogen-bond acceptors (Lipinski definition) is 4. The van der Waals surface area contributed by atoms with Crippen LogP contribution in [0.3, 0.4) is 0 Å². The van der Waals surface area contributed by atoms with Gasteiger partial charge in [0, 0.05) is 11.3 Å². The highest BCUT2D eigenvalue weighted by molar-refractivity contribution is 9.10. The molecule has 0 radical (unpaired) electrons. The number of nitrogens with one attached hydrogen (secondary N) is 1. The highest BCUT2D eigenvalue weighted by atomic mass is 79.9. The molecule has 1 amide bonds.